The fraction of sp³-hybridized carbons (Fsp3) is 0.318. The number of hydrogen-bond acceptors (Lipinski definition) is 5. The maximum Gasteiger partial charge on any atom is 0.329 e. The maximum absolute atomic E-state index is 11.8. The standard InChI is InChI=1S/C22H25N3O4/c1-16-7-9-17(10-8-16)15-29-19-5-2-4-18(12-19)13-24-25-22(27)21(26)23-14-20-6-3-11-28-20/h2,4-5,7-10,12-13,20H,3,6,11,14-15H2,1H3,(H,23,26)(H,25,27)/b24-13-/t20-/m0/s1. The van der Waals surface area contributed by atoms with Crippen molar-refractivity contribution in [3.05, 3.63) is 65.2 Å². The molecule has 0 aromatic heterocycles. The molecule has 2 aromatic carbocycles. The molecule has 2 N–H and O–H groups in total. The fourth-order valence-corrected chi connectivity index (χ4v) is 2.84. The molecule has 3 rings (SSSR count). The molecule has 1 heterocycles. The summed E-state index contributed by atoms with van der Waals surface area (Å²) < 4.78 is 11.2. The Bertz CT molecular complexity index is 859. The average molecular weight is 395 g/mol. The Hall–Kier alpha value is -3.19. The quantitative estimate of drug-likeness (QED) is 0.428. The number of hydrogen-bond donors (Lipinski definition) is 2. The average Bonchev–Trinajstić information content (AvgIpc) is 3.25. The van der Waals surface area contributed by atoms with Gasteiger partial charge in [-0.25, -0.2) is 5.43 Å². The van der Waals surface area contributed by atoms with Gasteiger partial charge in [-0.2, -0.15) is 5.10 Å². The minimum absolute atomic E-state index is 0.0158. The molecule has 7 heteroatoms. The van der Waals surface area contributed by atoms with Gasteiger partial charge in [-0.1, -0.05) is 42.0 Å². The summed E-state index contributed by atoms with van der Waals surface area (Å²) in [5, 5.41) is 6.39. The van der Waals surface area contributed by atoms with E-state index in [1.54, 1.807) is 6.07 Å². The summed E-state index contributed by atoms with van der Waals surface area (Å²) in [6.07, 6.45) is 3.31. The first-order valence-electron chi connectivity index (χ1n) is 9.61. The van der Waals surface area contributed by atoms with Crippen LogP contribution in [0, 0.1) is 6.92 Å². The van der Waals surface area contributed by atoms with Gasteiger partial charge in [0, 0.05) is 13.2 Å². The maximum atomic E-state index is 11.8. The number of hydrazone groups is 1. The van der Waals surface area contributed by atoms with E-state index >= 15 is 0 Å². The SMILES string of the molecule is Cc1ccc(COc2cccc(/C=N\NC(=O)C(=O)NC[C@@H]3CCCO3)c2)cc1. The molecular weight excluding hydrogens is 370 g/mol. The number of nitrogens with zero attached hydrogens (tertiary/aromatic N) is 1. The van der Waals surface area contributed by atoms with Crippen molar-refractivity contribution in [2.45, 2.75) is 32.5 Å². The molecule has 1 saturated heterocycles. The molecule has 1 aliphatic heterocycles. The Labute approximate surface area is 170 Å². The number of amides is 2. The van der Waals surface area contributed by atoms with Crippen LogP contribution in [0.1, 0.15) is 29.5 Å². The third-order valence-corrected chi connectivity index (χ3v) is 4.48. The van der Waals surface area contributed by atoms with Crippen LogP contribution < -0.4 is 15.5 Å². The first-order chi connectivity index (χ1) is 14.1. The lowest BCUT2D eigenvalue weighted by Crippen LogP contribution is -2.41. The zero-order valence-corrected chi connectivity index (χ0v) is 16.4. The van der Waals surface area contributed by atoms with Crippen LogP contribution in [0.5, 0.6) is 5.75 Å². The highest BCUT2D eigenvalue weighted by Crippen LogP contribution is 2.14. The van der Waals surface area contributed by atoms with E-state index in [4.69, 9.17) is 9.47 Å². The van der Waals surface area contributed by atoms with Gasteiger partial charge in [-0.3, -0.25) is 9.59 Å². The molecule has 1 aliphatic rings. The summed E-state index contributed by atoms with van der Waals surface area (Å²) >= 11 is 0. The van der Waals surface area contributed by atoms with Crippen molar-refractivity contribution in [1.29, 1.82) is 0 Å². The van der Waals surface area contributed by atoms with E-state index < -0.39 is 11.8 Å². The smallest absolute Gasteiger partial charge is 0.329 e. The van der Waals surface area contributed by atoms with Crippen LogP contribution in [0.2, 0.25) is 0 Å². The predicted octanol–water partition coefficient (Wildman–Crippen LogP) is 2.32. The number of ether oxygens (including phenoxy) is 2. The van der Waals surface area contributed by atoms with Crippen LogP contribution in [0.3, 0.4) is 0 Å². The van der Waals surface area contributed by atoms with Crippen LogP contribution in [-0.4, -0.2) is 37.3 Å². The Balaban J connectivity index is 1.44. The lowest BCUT2D eigenvalue weighted by Gasteiger charge is -2.09. The molecule has 7 nitrogen and oxygen atoms in total. The molecule has 0 aliphatic carbocycles. The molecule has 29 heavy (non-hydrogen) atoms. The summed E-state index contributed by atoms with van der Waals surface area (Å²) in [6, 6.07) is 15.5. The second-order valence-corrected chi connectivity index (χ2v) is 6.89. The Morgan fingerprint density at radius 1 is 1.21 bits per heavy atom. The first-order valence-corrected chi connectivity index (χ1v) is 9.61. The molecule has 2 aromatic rings. The van der Waals surface area contributed by atoms with E-state index in [9.17, 15) is 9.59 Å². The van der Waals surface area contributed by atoms with E-state index in [0.29, 0.717) is 25.5 Å². The molecule has 0 saturated carbocycles. The Morgan fingerprint density at radius 3 is 2.79 bits per heavy atom. The van der Waals surface area contributed by atoms with Gasteiger partial charge in [0.05, 0.1) is 12.3 Å². The van der Waals surface area contributed by atoms with Crippen molar-refractivity contribution in [3.8, 4) is 5.75 Å². The lowest BCUT2D eigenvalue weighted by atomic mass is 10.2. The zero-order valence-electron chi connectivity index (χ0n) is 16.4. The monoisotopic (exact) mass is 395 g/mol. The highest BCUT2D eigenvalue weighted by atomic mass is 16.5. The fourth-order valence-electron chi connectivity index (χ4n) is 2.84. The van der Waals surface area contributed by atoms with Crippen molar-refractivity contribution >= 4 is 18.0 Å². The van der Waals surface area contributed by atoms with Crippen LogP contribution in [0.4, 0.5) is 0 Å². The third kappa shape index (κ3) is 6.73. The van der Waals surface area contributed by atoms with Crippen LogP contribution in [-0.2, 0) is 20.9 Å². The molecule has 0 radical (unpaired) electrons. The van der Waals surface area contributed by atoms with E-state index in [2.05, 4.69) is 15.8 Å². The number of nitrogens with one attached hydrogen (secondary N) is 2. The van der Waals surface area contributed by atoms with Gasteiger partial charge >= 0.3 is 11.8 Å². The van der Waals surface area contributed by atoms with Gasteiger partial charge in [0.1, 0.15) is 12.4 Å². The number of carbonyl (C=O) groups excluding carboxylic acids is 2. The van der Waals surface area contributed by atoms with Gasteiger partial charge in [0.2, 0.25) is 0 Å². The largest absolute Gasteiger partial charge is 0.489 e. The molecule has 0 bridgehead atoms. The van der Waals surface area contributed by atoms with Crippen molar-refractivity contribution in [2.75, 3.05) is 13.2 Å². The number of aryl methyl sites for hydroxylation is 1. The van der Waals surface area contributed by atoms with E-state index in [1.807, 2.05) is 49.4 Å². The van der Waals surface area contributed by atoms with E-state index in [0.717, 1.165) is 24.0 Å². The number of benzene rings is 2. The topological polar surface area (TPSA) is 89.0 Å². The van der Waals surface area contributed by atoms with Crippen molar-refractivity contribution in [3.63, 3.8) is 0 Å². The van der Waals surface area contributed by atoms with Gasteiger partial charge < -0.3 is 14.8 Å². The van der Waals surface area contributed by atoms with Crippen LogP contribution >= 0.6 is 0 Å². The van der Waals surface area contributed by atoms with Crippen molar-refractivity contribution in [1.82, 2.24) is 10.7 Å². The summed E-state index contributed by atoms with van der Waals surface area (Å²) in [5.74, 6) is -0.853. The van der Waals surface area contributed by atoms with Gasteiger partial charge in [0.25, 0.3) is 0 Å². The molecule has 152 valence electrons. The van der Waals surface area contributed by atoms with Gasteiger partial charge in [0.15, 0.2) is 0 Å². The van der Waals surface area contributed by atoms with Crippen LogP contribution in [0.25, 0.3) is 0 Å². The zero-order chi connectivity index (χ0) is 20.5. The predicted molar refractivity (Wildman–Crippen MR) is 110 cm³/mol. The highest BCUT2D eigenvalue weighted by Gasteiger charge is 2.18. The molecular formula is C22H25N3O4. The second-order valence-electron chi connectivity index (χ2n) is 6.89. The minimum atomic E-state index is -0.814. The van der Waals surface area contributed by atoms with Crippen molar-refractivity contribution in [2.24, 2.45) is 5.10 Å². The summed E-state index contributed by atoms with van der Waals surface area (Å²) in [5.41, 5.74) is 5.25. The lowest BCUT2D eigenvalue weighted by molar-refractivity contribution is -0.139. The summed E-state index contributed by atoms with van der Waals surface area (Å²) in [7, 11) is 0. The second kappa shape index (κ2) is 10.4. The number of carbonyl (C=O) groups is 2. The minimum Gasteiger partial charge on any atom is -0.489 e. The van der Waals surface area contributed by atoms with E-state index in [1.165, 1.54) is 11.8 Å². The summed E-state index contributed by atoms with van der Waals surface area (Å²) in [4.78, 5) is 23.6. The number of rotatable bonds is 7. The van der Waals surface area contributed by atoms with Crippen LogP contribution in [0.15, 0.2) is 53.6 Å². The van der Waals surface area contributed by atoms with Gasteiger partial charge in [-0.15, -0.1) is 0 Å². The first kappa shape index (κ1) is 20.5. The Morgan fingerprint density at radius 2 is 2.03 bits per heavy atom. The molecule has 1 atom stereocenters. The highest BCUT2D eigenvalue weighted by molar-refractivity contribution is 6.35. The Kier molecular flexibility index (Phi) is 7.35. The summed E-state index contributed by atoms with van der Waals surface area (Å²) in [6.45, 7) is 3.53. The van der Waals surface area contributed by atoms with Gasteiger partial charge in [-0.05, 0) is 43.0 Å². The van der Waals surface area contributed by atoms with Crippen molar-refractivity contribution < 1.29 is 19.1 Å². The molecule has 2 amide bonds. The normalized spacial score (nSPS) is 16.0. The molecule has 0 unspecified atom stereocenters. The third-order valence-electron chi connectivity index (χ3n) is 4.48. The molecule has 1 fully saturated rings. The molecule has 0 spiro atoms. The van der Waals surface area contributed by atoms with E-state index in [-0.39, 0.29) is 6.10 Å².